The monoisotopic (exact) mass is 268 g/mol. The van der Waals surface area contributed by atoms with Gasteiger partial charge >= 0.3 is 5.97 Å². The van der Waals surface area contributed by atoms with E-state index in [1.807, 2.05) is 43.3 Å². The van der Waals surface area contributed by atoms with Crippen molar-refractivity contribution < 1.29 is 14.3 Å². The fraction of sp³-hybridized carbons (Fsp3) is 0.235. The number of hydrogen-bond donors (Lipinski definition) is 0. The zero-order valence-electron chi connectivity index (χ0n) is 11.8. The molecule has 0 atom stereocenters. The molecule has 0 bridgehead atoms. The highest BCUT2D eigenvalue weighted by molar-refractivity contribution is 6.01. The van der Waals surface area contributed by atoms with Gasteiger partial charge in [0, 0.05) is 13.8 Å². The van der Waals surface area contributed by atoms with Crippen molar-refractivity contribution in [2.45, 2.75) is 26.6 Å². The molecule has 3 rings (SSSR count). The first-order chi connectivity index (χ1) is 9.46. The van der Waals surface area contributed by atoms with Crippen LogP contribution in [0, 0.1) is 6.92 Å². The van der Waals surface area contributed by atoms with Crippen LogP contribution in [0.4, 0.5) is 0 Å². The number of ether oxygens (including phenoxy) is 2. The van der Waals surface area contributed by atoms with Crippen molar-refractivity contribution in [2.75, 3.05) is 0 Å². The second-order valence-corrected chi connectivity index (χ2v) is 5.44. The van der Waals surface area contributed by atoms with Crippen LogP contribution in [0.1, 0.15) is 29.8 Å². The Bertz CT molecular complexity index is 686. The molecule has 0 spiro atoms. The topological polar surface area (TPSA) is 35.5 Å². The van der Waals surface area contributed by atoms with Gasteiger partial charge in [-0.05, 0) is 24.1 Å². The van der Waals surface area contributed by atoms with Crippen molar-refractivity contribution in [3.05, 3.63) is 53.6 Å². The lowest BCUT2D eigenvalue weighted by molar-refractivity contribution is -0.127. The number of esters is 1. The summed E-state index contributed by atoms with van der Waals surface area (Å²) in [7, 11) is 0. The molecule has 0 N–H and O–H groups in total. The van der Waals surface area contributed by atoms with Gasteiger partial charge in [0.2, 0.25) is 5.79 Å². The summed E-state index contributed by atoms with van der Waals surface area (Å²) in [6, 6.07) is 13.6. The van der Waals surface area contributed by atoms with Gasteiger partial charge in [0.25, 0.3) is 0 Å². The molecule has 2 aromatic carbocycles. The van der Waals surface area contributed by atoms with Gasteiger partial charge in [-0.2, -0.15) is 0 Å². The summed E-state index contributed by atoms with van der Waals surface area (Å²) in [6.45, 7) is 5.48. The van der Waals surface area contributed by atoms with E-state index in [1.165, 1.54) is 0 Å². The van der Waals surface area contributed by atoms with Crippen LogP contribution >= 0.6 is 0 Å². The Morgan fingerprint density at radius 1 is 1.00 bits per heavy atom. The van der Waals surface area contributed by atoms with E-state index in [-0.39, 0.29) is 5.97 Å². The van der Waals surface area contributed by atoms with Crippen molar-refractivity contribution >= 4 is 5.97 Å². The van der Waals surface area contributed by atoms with E-state index in [1.54, 1.807) is 19.9 Å². The van der Waals surface area contributed by atoms with Gasteiger partial charge in [-0.3, -0.25) is 0 Å². The third-order valence-electron chi connectivity index (χ3n) is 3.25. The number of fused-ring (bicyclic) bond motifs is 1. The zero-order chi connectivity index (χ0) is 14.3. The quantitative estimate of drug-likeness (QED) is 0.735. The first-order valence-electron chi connectivity index (χ1n) is 6.59. The van der Waals surface area contributed by atoms with Crippen LogP contribution in [-0.2, 0) is 4.74 Å². The van der Waals surface area contributed by atoms with Crippen molar-refractivity contribution in [3.8, 4) is 16.9 Å². The van der Waals surface area contributed by atoms with Crippen LogP contribution in [0.15, 0.2) is 42.5 Å². The molecule has 0 amide bonds. The number of benzene rings is 2. The predicted molar refractivity (Wildman–Crippen MR) is 76.7 cm³/mol. The van der Waals surface area contributed by atoms with Crippen molar-refractivity contribution in [1.82, 2.24) is 0 Å². The third-order valence-corrected chi connectivity index (χ3v) is 3.25. The molecular weight excluding hydrogens is 252 g/mol. The summed E-state index contributed by atoms with van der Waals surface area (Å²) >= 11 is 0. The van der Waals surface area contributed by atoms with E-state index >= 15 is 0 Å². The molecule has 0 saturated carbocycles. The average Bonchev–Trinajstić information content (AvgIpc) is 2.36. The van der Waals surface area contributed by atoms with Crippen LogP contribution in [-0.4, -0.2) is 11.8 Å². The van der Waals surface area contributed by atoms with Gasteiger partial charge in [0.05, 0.1) is 0 Å². The second kappa shape index (κ2) is 4.37. The van der Waals surface area contributed by atoms with Gasteiger partial charge < -0.3 is 9.47 Å². The van der Waals surface area contributed by atoms with E-state index in [2.05, 4.69) is 0 Å². The molecule has 1 heterocycles. The maximum absolute atomic E-state index is 12.3. The Kier molecular flexibility index (Phi) is 2.78. The van der Waals surface area contributed by atoms with Crippen molar-refractivity contribution in [2.24, 2.45) is 0 Å². The molecule has 0 fully saturated rings. The van der Waals surface area contributed by atoms with Crippen LogP contribution < -0.4 is 4.74 Å². The maximum Gasteiger partial charge on any atom is 0.345 e. The minimum Gasteiger partial charge on any atom is -0.452 e. The lowest BCUT2D eigenvalue weighted by atomic mass is 9.97. The molecule has 3 heteroatoms. The van der Waals surface area contributed by atoms with Gasteiger partial charge in [-0.1, -0.05) is 42.0 Å². The van der Waals surface area contributed by atoms with Gasteiger partial charge in [0.15, 0.2) is 0 Å². The Balaban J connectivity index is 2.18. The minimum absolute atomic E-state index is 0.339. The molecule has 20 heavy (non-hydrogen) atoms. The average molecular weight is 268 g/mol. The van der Waals surface area contributed by atoms with Gasteiger partial charge in [0.1, 0.15) is 11.3 Å². The number of rotatable bonds is 1. The van der Waals surface area contributed by atoms with Crippen LogP contribution in [0.3, 0.4) is 0 Å². The molecule has 1 aliphatic rings. The standard InChI is InChI=1S/C17H16O3/c1-11-6-4-7-12(10-11)13-8-5-9-14-15(13)16(18)20-17(2,3)19-14/h4-10H,1-3H3. The zero-order valence-corrected chi connectivity index (χ0v) is 11.8. The smallest absolute Gasteiger partial charge is 0.345 e. The Morgan fingerprint density at radius 2 is 1.75 bits per heavy atom. The fourth-order valence-corrected chi connectivity index (χ4v) is 2.44. The van der Waals surface area contributed by atoms with E-state index in [0.29, 0.717) is 11.3 Å². The summed E-state index contributed by atoms with van der Waals surface area (Å²) < 4.78 is 11.1. The third kappa shape index (κ3) is 2.16. The van der Waals surface area contributed by atoms with Crippen LogP contribution in [0.25, 0.3) is 11.1 Å². The largest absolute Gasteiger partial charge is 0.452 e. The van der Waals surface area contributed by atoms with Gasteiger partial charge in [-0.25, -0.2) is 4.79 Å². The SMILES string of the molecule is Cc1cccc(-c2cccc3c2C(=O)OC(C)(C)O3)c1. The highest BCUT2D eigenvalue weighted by Gasteiger charge is 2.35. The first kappa shape index (κ1) is 12.7. The molecular formula is C17H16O3. The summed E-state index contributed by atoms with van der Waals surface area (Å²) in [5.41, 5.74) is 3.47. The van der Waals surface area contributed by atoms with E-state index in [4.69, 9.17) is 9.47 Å². The van der Waals surface area contributed by atoms with Gasteiger partial charge in [-0.15, -0.1) is 0 Å². The van der Waals surface area contributed by atoms with Crippen LogP contribution in [0.5, 0.6) is 5.75 Å². The Labute approximate surface area is 118 Å². The Hall–Kier alpha value is -2.29. The summed E-state index contributed by atoms with van der Waals surface area (Å²) in [4.78, 5) is 12.3. The summed E-state index contributed by atoms with van der Waals surface area (Å²) in [5.74, 6) is -0.686. The Morgan fingerprint density at radius 3 is 2.50 bits per heavy atom. The van der Waals surface area contributed by atoms with Crippen molar-refractivity contribution in [1.29, 1.82) is 0 Å². The fourth-order valence-electron chi connectivity index (χ4n) is 2.44. The summed E-state index contributed by atoms with van der Waals surface area (Å²) in [5, 5.41) is 0. The van der Waals surface area contributed by atoms with E-state index in [0.717, 1.165) is 16.7 Å². The molecule has 3 nitrogen and oxygen atoms in total. The normalized spacial score (nSPS) is 16.1. The molecule has 102 valence electrons. The van der Waals surface area contributed by atoms with Crippen LogP contribution in [0.2, 0.25) is 0 Å². The first-order valence-corrected chi connectivity index (χ1v) is 6.59. The predicted octanol–water partition coefficient (Wildman–Crippen LogP) is 3.95. The van der Waals surface area contributed by atoms with E-state index in [9.17, 15) is 4.79 Å². The highest BCUT2D eigenvalue weighted by Crippen LogP contribution is 2.37. The number of cyclic esters (lactones) is 1. The number of carbonyl (C=O) groups is 1. The summed E-state index contributed by atoms with van der Waals surface area (Å²) in [6.07, 6.45) is 0. The lowest BCUT2D eigenvalue weighted by Gasteiger charge is -2.32. The molecule has 2 aromatic rings. The minimum atomic E-state index is -0.921. The molecule has 0 unspecified atom stereocenters. The highest BCUT2D eigenvalue weighted by atomic mass is 16.7. The molecule has 0 aliphatic carbocycles. The molecule has 0 radical (unpaired) electrons. The molecule has 0 aromatic heterocycles. The molecule has 1 aliphatic heterocycles. The van der Waals surface area contributed by atoms with E-state index < -0.39 is 5.79 Å². The number of aryl methyl sites for hydroxylation is 1. The lowest BCUT2D eigenvalue weighted by Crippen LogP contribution is -2.39. The maximum atomic E-state index is 12.3. The van der Waals surface area contributed by atoms with Crippen molar-refractivity contribution in [3.63, 3.8) is 0 Å². The number of hydrogen-bond acceptors (Lipinski definition) is 3. The number of carbonyl (C=O) groups excluding carboxylic acids is 1. The molecule has 0 saturated heterocycles. The second-order valence-electron chi connectivity index (χ2n) is 5.44.